The predicted octanol–water partition coefficient (Wildman–Crippen LogP) is 0.984. The molecule has 0 unspecified atom stereocenters. The van der Waals surface area contributed by atoms with Crippen LogP contribution in [0.2, 0.25) is 0 Å². The molecule has 16 heavy (non-hydrogen) atoms. The smallest absolute Gasteiger partial charge is 0.238 e. The lowest BCUT2D eigenvalue weighted by atomic mass is 10.2. The molecule has 1 aromatic carbocycles. The van der Waals surface area contributed by atoms with Gasteiger partial charge in [-0.1, -0.05) is 13.8 Å². The summed E-state index contributed by atoms with van der Waals surface area (Å²) in [7, 11) is -3.71. The summed E-state index contributed by atoms with van der Waals surface area (Å²) in [5, 5.41) is 8.14. The minimum atomic E-state index is -3.71. The molecule has 0 amide bonds. The second kappa shape index (κ2) is 4.71. The van der Waals surface area contributed by atoms with Crippen molar-refractivity contribution in [1.82, 2.24) is 0 Å². The number of nitrogens with two attached hydrogens (primary N) is 2. The summed E-state index contributed by atoms with van der Waals surface area (Å²) >= 11 is 0. The third-order valence-electron chi connectivity index (χ3n) is 1.97. The third kappa shape index (κ3) is 3.71. The van der Waals surface area contributed by atoms with Crippen LogP contribution < -0.4 is 16.2 Å². The molecule has 90 valence electrons. The van der Waals surface area contributed by atoms with Gasteiger partial charge in [0.2, 0.25) is 10.0 Å². The van der Waals surface area contributed by atoms with E-state index in [0.29, 0.717) is 17.3 Å². The van der Waals surface area contributed by atoms with Gasteiger partial charge < -0.3 is 11.1 Å². The summed E-state index contributed by atoms with van der Waals surface area (Å²) in [5.74, 6) is 0.458. The third-order valence-corrected chi connectivity index (χ3v) is 2.86. The van der Waals surface area contributed by atoms with Crippen LogP contribution >= 0.6 is 0 Å². The molecule has 1 rings (SSSR count). The fourth-order valence-electron chi connectivity index (χ4n) is 1.21. The Labute approximate surface area is 95.9 Å². The molecule has 0 atom stereocenters. The summed E-state index contributed by atoms with van der Waals surface area (Å²) in [6.07, 6.45) is 0. The Morgan fingerprint density at radius 3 is 2.44 bits per heavy atom. The molecule has 0 aromatic heterocycles. The number of rotatable bonds is 4. The van der Waals surface area contributed by atoms with Crippen molar-refractivity contribution in [2.24, 2.45) is 11.1 Å². The van der Waals surface area contributed by atoms with Crippen LogP contribution in [0.5, 0.6) is 0 Å². The number of nitrogen functional groups attached to an aromatic ring is 1. The fourth-order valence-corrected chi connectivity index (χ4v) is 1.80. The lowest BCUT2D eigenvalue weighted by Gasteiger charge is -2.10. The van der Waals surface area contributed by atoms with E-state index in [4.69, 9.17) is 10.9 Å². The Hall–Kier alpha value is -1.27. The quantitative estimate of drug-likeness (QED) is 0.687. The molecular formula is C10H17N3O2S. The molecule has 0 radical (unpaired) electrons. The summed E-state index contributed by atoms with van der Waals surface area (Å²) in [6, 6.07) is 4.50. The van der Waals surface area contributed by atoms with Crippen LogP contribution in [0.15, 0.2) is 23.1 Å². The Morgan fingerprint density at radius 2 is 1.94 bits per heavy atom. The second-order valence-corrected chi connectivity index (χ2v) is 5.67. The molecule has 0 fully saturated rings. The second-order valence-electron chi connectivity index (χ2n) is 4.11. The maximum atomic E-state index is 11.2. The van der Waals surface area contributed by atoms with E-state index < -0.39 is 10.0 Å². The van der Waals surface area contributed by atoms with Gasteiger partial charge in [0.25, 0.3) is 0 Å². The van der Waals surface area contributed by atoms with Crippen molar-refractivity contribution >= 4 is 21.4 Å². The molecule has 0 spiro atoms. The largest absolute Gasteiger partial charge is 0.399 e. The molecule has 0 bridgehead atoms. The average molecular weight is 243 g/mol. The Kier molecular flexibility index (Phi) is 3.77. The van der Waals surface area contributed by atoms with E-state index in [-0.39, 0.29) is 4.90 Å². The first-order valence-corrected chi connectivity index (χ1v) is 6.51. The summed E-state index contributed by atoms with van der Waals surface area (Å²) in [4.78, 5) is 0.0266. The molecule has 0 aliphatic rings. The summed E-state index contributed by atoms with van der Waals surface area (Å²) in [5.41, 5.74) is 6.64. The van der Waals surface area contributed by atoms with Gasteiger partial charge in [-0.25, -0.2) is 13.6 Å². The summed E-state index contributed by atoms with van der Waals surface area (Å²) < 4.78 is 22.3. The van der Waals surface area contributed by atoms with E-state index >= 15 is 0 Å². The lowest BCUT2D eigenvalue weighted by Crippen LogP contribution is -2.14. The number of hydrogen-bond donors (Lipinski definition) is 3. The van der Waals surface area contributed by atoms with Gasteiger partial charge in [0.05, 0.1) is 4.90 Å². The van der Waals surface area contributed by atoms with Crippen LogP contribution in [-0.2, 0) is 10.0 Å². The van der Waals surface area contributed by atoms with E-state index in [1.54, 1.807) is 6.07 Å². The molecule has 0 heterocycles. The number of nitrogens with one attached hydrogen (secondary N) is 1. The molecule has 0 aliphatic carbocycles. The van der Waals surface area contributed by atoms with Crippen LogP contribution in [0, 0.1) is 5.92 Å². The Bertz CT molecular complexity index is 469. The van der Waals surface area contributed by atoms with Crippen LogP contribution in [0.3, 0.4) is 0 Å². The number of hydrogen-bond acceptors (Lipinski definition) is 4. The highest BCUT2D eigenvalue weighted by molar-refractivity contribution is 7.89. The molecule has 1 aromatic rings. The van der Waals surface area contributed by atoms with Crippen molar-refractivity contribution in [2.45, 2.75) is 18.7 Å². The van der Waals surface area contributed by atoms with Crippen LogP contribution in [0.4, 0.5) is 11.4 Å². The van der Waals surface area contributed by atoms with Gasteiger partial charge >= 0.3 is 0 Å². The monoisotopic (exact) mass is 243 g/mol. The van der Waals surface area contributed by atoms with E-state index in [9.17, 15) is 8.42 Å². The van der Waals surface area contributed by atoms with Crippen LogP contribution in [0.25, 0.3) is 0 Å². The zero-order valence-electron chi connectivity index (χ0n) is 9.40. The number of primary sulfonamides is 1. The normalized spacial score (nSPS) is 11.8. The SMILES string of the molecule is CC(C)CNc1cc(N)cc(S(N)(=O)=O)c1. The first-order chi connectivity index (χ1) is 7.29. The van der Waals surface area contributed by atoms with Gasteiger partial charge in [-0.05, 0) is 24.1 Å². The van der Waals surface area contributed by atoms with E-state index in [1.807, 2.05) is 0 Å². The minimum Gasteiger partial charge on any atom is -0.399 e. The highest BCUT2D eigenvalue weighted by atomic mass is 32.2. The maximum absolute atomic E-state index is 11.2. The van der Waals surface area contributed by atoms with E-state index in [2.05, 4.69) is 19.2 Å². The summed E-state index contributed by atoms with van der Waals surface area (Å²) in [6.45, 7) is 4.85. The molecule has 0 aliphatic heterocycles. The van der Waals surface area contributed by atoms with Gasteiger partial charge in [-0.2, -0.15) is 0 Å². The fraction of sp³-hybridized carbons (Fsp3) is 0.400. The zero-order valence-corrected chi connectivity index (χ0v) is 10.2. The van der Waals surface area contributed by atoms with E-state index in [1.165, 1.54) is 12.1 Å². The van der Waals surface area contributed by atoms with Gasteiger partial charge in [-0.15, -0.1) is 0 Å². The topological polar surface area (TPSA) is 98.2 Å². The molecule has 0 saturated carbocycles. The number of benzene rings is 1. The minimum absolute atomic E-state index is 0.0266. The van der Waals surface area contributed by atoms with Crippen LogP contribution in [0.1, 0.15) is 13.8 Å². The standard InChI is InChI=1S/C10H17N3O2S/c1-7(2)6-13-9-3-8(11)4-10(5-9)16(12,14)15/h3-5,7,13H,6,11H2,1-2H3,(H2,12,14,15). The van der Waals surface area contributed by atoms with Crippen molar-refractivity contribution < 1.29 is 8.42 Å². The number of anilines is 2. The van der Waals surface area contributed by atoms with Crippen molar-refractivity contribution in [3.8, 4) is 0 Å². The van der Waals surface area contributed by atoms with Gasteiger partial charge in [0, 0.05) is 17.9 Å². The van der Waals surface area contributed by atoms with Crippen molar-refractivity contribution in [2.75, 3.05) is 17.6 Å². The average Bonchev–Trinajstić information content (AvgIpc) is 2.12. The van der Waals surface area contributed by atoms with Crippen molar-refractivity contribution in [1.29, 1.82) is 0 Å². The van der Waals surface area contributed by atoms with Gasteiger partial charge in [0.1, 0.15) is 0 Å². The predicted molar refractivity (Wildman–Crippen MR) is 65.6 cm³/mol. The maximum Gasteiger partial charge on any atom is 0.238 e. The molecule has 0 saturated heterocycles. The highest BCUT2D eigenvalue weighted by Gasteiger charge is 2.09. The molecule has 5 nitrogen and oxygen atoms in total. The highest BCUT2D eigenvalue weighted by Crippen LogP contribution is 2.19. The molecule has 5 N–H and O–H groups in total. The van der Waals surface area contributed by atoms with Crippen molar-refractivity contribution in [3.05, 3.63) is 18.2 Å². The Morgan fingerprint density at radius 1 is 1.31 bits per heavy atom. The van der Waals surface area contributed by atoms with Crippen LogP contribution in [-0.4, -0.2) is 15.0 Å². The molecular weight excluding hydrogens is 226 g/mol. The molecule has 6 heteroatoms. The lowest BCUT2D eigenvalue weighted by molar-refractivity contribution is 0.598. The first-order valence-electron chi connectivity index (χ1n) is 4.96. The number of sulfonamides is 1. The zero-order chi connectivity index (χ0) is 12.3. The van der Waals surface area contributed by atoms with E-state index in [0.717, 1.165) is 6.54 Å². The Balaban J connectivity index is 3.00. The first kappa shape index (κ1) is 12.8. The van der Waals surface area contributed by atoms with Gasteiger partial charge in [0.15, 0.2) is 0 Å². The van der Waals surface area contributed by atoms with Gasteiger partial charge in [-0.3, -0.25) is 0 Å². The van der Waals surface area contributed by atoms with Crippen molar-refractivity contribution in [3.63, 3.8) is 0 Å².